The molecular weight excluding hydrogens is 424 g/mol. The van der Waals surface area contributed by atoms with Gasteiger partial charge in [-0.3, -0.25) is 9.59 Å². The first-order chi connectivity index (χ1) is 15.6. The van der Waals surface area contributed by atoms with E-state index < -0.39 is 0 Å². The van der Waals surface area contributed by atoms with Gasteiger partial charge in [0, 0.05) is 24.5 Å². The molecule has 0 radical (unpaired) electrons. The van der Waals surface area contributed by atoms with Gasteiger partial charge in [-0.1, -0.05) is 49.7 Å². The summed E-state index contributed by atoms with van der Waals surface area (Å²) < 4.78 is 13.8. The highest BCUT2D eigenvalue weighted by atomic mass is 32.1. The van der Waals surface area contributed by atoms with Crippen LogP contribution < -0.4 is 20.3 Å². The number of benzene rings is 2. The van der Waals surface area contributed by atoms with E-state index in [0.29, 0.717) is 34.9 Å². The number of carbonyl (C=O) groups is 1. The lowest BCUT2D eigenvalue weighted by Crippen LogP contribution is -2.23. The molecule has 0 aliphatic carbocycles. The van der Waals surface area contributed by atoms with Crippen molar-refractivity contribution in [2.75, 3.05) is 13.7 Å². The van der Waals surface area contributed by atoms with Crippen LogP contribution in [0.25, 0.3) is 21.0 Å². The number of methoxy groups -OCH3 is 1. The molecule has 32 heavy (non-hydrogen) atoms. The number of pyridine rings is 1. The maximum atomic E-state index is 13.2. The van der Waals surface area contributed by atoms with Crippen molar-refractivity contribution in [2.45, 2.75) is 26.3 Å². The molecule has 0 bridgehead atoms. The number of unbranched alkanes of at least 4 members (excludes halogenated alkanes) is 1. The average molecular weight is 451 g/mol. The third-order valence-corrected chi connectivity index (χ3v) is 6.68. The molecule has 6 nitrogen and oxygen atoms in total. The van der Waals surface area contributed by atoms with Gasteiger partial charge in [0.1, 0.15) is 16.0 Å². The highest BCUT2D eigenvalue weighted by molar-refractivity contribution is 7.22. The van der Waals surface area contributed by atoms with Gasteiger partial charge in [-0.2, -0.15) is 0 Å². The van der Waals surface area contributed by atoms with E-state index in [0.717, 1.165) is 34.0 Å². The first-order valence-corrected chi connectivity index (χ1v) is 11.5. The molecule has 1 amide bonds. The molecule has 166 valence electrons. The van der Waals surface area contributed by atoms with Gasteiger partial charge in [-0.15, -0.1) is 11.3 Å². The van der Waals surface area contributed by atoms with Gasteiger partial charge in [0.2, 0.25) is 0 Å². The number of nitrogens with zero attached hydrogens (tertiary/aromatic N) is 1. The second kappa shape index (κ2) is 9.44. The van der Waals surface area contributed by atoms with E-state index in [1.54, 1.807) is 18.7 Å². The Balaban J connectivity index is 1.79. The number of aromatic nitrogens is 1. The number of fused-ring (bicyclic) bond motifs is 3. The third-order valence-electron chi connectivity index (χ3n) is 5.48. The molecule has 0 saturated heterocycles. The maximum absolute atomic E-state index is 13.2. The molecule has 4 rings (SSSR count). The van der Waals surface area contributed by atoms with Crippen molar-refractivity contribution in [3.8, 4) is 11.5 Å². The van der Waals surface area contributed by atoms with E-state index in [2.05, 4.69) is 12.2 Å². The van der Waals surface area contributed by atoms with Crippen molar-refractivity contribution < 1.29 is 14.3 Å². The standard InChI is InChI=1S/C25H26N2O4S/c1-4-5-14-31-21-20-22(17-11-7-8-12-18(17)27(2)25(20)29)32-23(21)24(28)26-15-16-10-6-9-13-19(16)30-3/h6-13H,4-5,14-15H2,1-3H3,(H,26,28). The Morgan fingerprint density at radius 3 is 2.66 bits per heavy atom. The van der Waals surface area contributed by atoms with Crippen LogP contribution in [0, 0.1) is 0 Å². The minimum Gasteiger partial charge on any atom is -0.496 e. The van der Waals surface area contributed by atoms with Crippen LogP contribution >= 0.6 is 11.3 Å². The fraction of sp³-hybridized carbons (Fsp3) is 0.280. The van der Waals surface area contributed by atoms with Crippen molar-refractivity contribution in [2.24, 2.45) is 7.05 Å². The average Bonchev–Trinajstić information content (AvgIpc) is 3.21. The Hall–Kier alpha value is -3.32. The van der Waals surface area contributed by atoms with Gasteiger partial charge in [-0.25, -0.2) is 0 Å². The Labute approximate surface area is 190 Å². The number of hydrogen-bond acceptors (Lipinski definition) is 5. The molecule has 2 aromatic carbocycles. The number of aryl methyl sites for hydroxylation is 1. The van der Waals surface area contributed by atoms with Crippen LogP contribution in [0.5, 0.6) is 11.5 Å². The number of rotatable bonds is 8. The summed E-state index contributed by atoms with van der Waals surface area (Å²) in [6.07, 6.45) is 1.80. The number of hydrogen-bond donors (Lipinski definition) is 1. The molecule has 0 unspecified atom stereocenters. The maximum Gasteiger partial charge on any atom is 0.265 e. The van der Waals surface area contributed by atoms with E-state index >= 15 is 0 Å². The van der Waals surface area contributed by atoms with E-state index in [9.17, 15) is 9.59 Å². The predicted octanol–water partition coefficient (Wildman–Crippen LogP) is 4.87. The van der Waals surface area contributed by atoms with Crippen molar-refractivity contribution >= 4 is 38.2 Å². The van der Waals surface area contributed by atoms with Crippen molar-refractivity contribution in [1.82, 2.24) is 9.88 Å². The van der Waals surface area contributed by atoms with Crippen molar-refractivity contribution in [3.05, 3.63) is 69.3 Å². The van der Waals surface area contributed by atoms with Crippen LogP contribution in [0.3, 0.4) is 0 Å². The van der Waals surface area contributed by atoms with Gasteiger partial charge in [0.15, 0.2) is 5.75 Å². The minimum atomic E-state index is -0.269. The SMILES string of the molecule is CCCCOc1c(C(=O)NCc2ccccc2OC)sc2c1c(=O)n(C)c1ccccc21. The van der Waals surface area contributed by atoms with Gasteiger partial charge >= 0.3 is 0 Å². The fourth-order valence-electron chi connectivity index (χ4n) is 3.75. The first-order valence-electron chi connectivity index (χ1n) is 10.6. The van der Waals surface area contributed by atoms with E-state index in [4.69, 9.17) is 9.47 Å². The largest absolute Gasteiger partial charge is 0.496 e. The number of ether oxygens (including phenoxy) is 2. The summed E-state index contributed by atoms with van der Waals surface area (Å²) in [5.41, 5.74) is 1.54. The monoisotopic (exact) mass is 450 g/mol. The molecule has 2 heterocycles. The molecule has 0 aliphatic heterocycles. The van der Waals surface area contributed by atoms with E-state index in [1.807, 2.05) is 48.5 Å². The number of carbonyl (C=O) groups excluding carboxylic acids is 1. The summed E-state index contributed by atoms with van der Waals surface area (Å²) in [6, 6.07) is 15.3. The summed E-state index contributed by atoms with van der Waals surface area (Å²) in [5.74, 6) is 0.820. The highest BCUT2D eigenvalue weighted by Gasteiger charge is 2.25. The van der Waals surface area contributed by atoms with Gasteiger partial charge < -0.3 is 19.4 Å². The smallest absolute Gasteiger partial charge is 0.265 e. The van der Waals surface area contributed by atoms with Crippen LogP contribution in [0.15, 0.2) is 53.3 Å². The lowest BCUT2D eigenvalue weighted by atomic mass is 10.1. The summed E-state index contributed by atoms with van der Waals surface area (Å²) in [7, 11) is 3.35. The van der Waals surface area contributed by atoms with Crippen LogP contribution in [-0.4, -0.2) is 24.2 Å². The third kappa shape index (κ3) is 3.96. The molecular formula is C25H26N2O4S. The van der Waals surface area contributed by atoms with E-state index in [1.165, 1.54) is 11.3 Å². The van der Waals surface area contributed by atoms with Gasteiger partial charge in [-0.05, 0) is 18.6 Å². The second-order valence-electron chi connectivity index (χ2n) is 7.54. The molecule has 2 aromatic heterocycles. The summed E-state index contributed by atoms with van der Waals surface area (Å²) >= 11 is 1.31. The van der Waals surface area contributed by atoms with Crippen LogP contribution in [0.2, 0.25) is 0 Å². The molecule has 0 aliphatic rings. The minimum absolute atomic E-state index is 0.162. The van der Waals surface area contributed by atoms with Crippen molar-refractivity contribution in [1.29, 1.82) is 0 Å². The Morgan fingerprint density at radius 1 is 1.12 bits per heavy atom. The van der Waals surface area contributed by atoms with E-state index in [-0.39, 0.29) is 11.5 Å². The van der Waals surface area contributed by atoms with Crippen LogP contribution in [0.4, 0.5) is 0 Å². The quantitative estimate of drug-likeness (QED) is 0.389. The van der Waals surface area contributed by atoms with Gasteiger partial charge in [0.25, 0.3) is 11.5 Å². The number of amides is 1. The number of para-hydroxylation sites is 2. The lowest BCUT2D eigenvalue weighted by Gasteiger charge is -2.11. The van der Waals surface area contributed by atoms with Crippen LogP contribution in [0.1, 0.15) is 35.0 Å². The number of nitrogens with one attached hydrogen (secondary N) is 1. The van der Waals surface area contributed by atoms with Crippen LogP contribution in [-0.2, 0) is 13.6 Å². The Morgan fingerprint density at radius 2 is 1.88 bits per heavy atom. The highest BCUT2D eigenvalue weighted by Crippen LogP contribution is 2.39. The molecule has 0 fully saturated rings. The zero-order valence-electron chi connectivity index (χ0n) is 18.4. The number of thiophene rings is 1. The zero-order valence-corrected chi connectivity index (χ0v) is 19.3. The topological polar surface area (TPSA) is 69.6 Å². The normalized spacial score (nSPS) is 11.1. The summed E-state index contributed by atoms with van der Waals surface area (Å²) in [4.78, 5) is 26.9. The fourth-order valence-corrected chi connectivity index (χ4v) is 4.93. The Kier molecular flexibility index (Phi) is 6.46. The molecule has 4 aromatic rings. The molecule has 7 heteroatoms. The molecule has 0 atom stereocenters. The predicted molar refractivity (Wildman–Crippen MR) is 129 cm³/mol. The lowest BCUT2D eigenvalue weighted by molar-refractivity contribution is 0.0951. The second-order valence-corrected chi connectivity index (χ2v) is 8.56. The first kappa shape index (κ1) is 21.9. The van der Waals surface area contributed by atoms with Crippen molar-refractivity contribution in [3.63, 3.8) is 0 Å². The summed E-state index contributed by atoms with van der Waals surface area (Å²) in [6.45, 7) is 2.83. The molecule has 0 saturated carbocycles. The van der Waals surface area contributed by atoms with Gasteiger partial charge in [0.05, 0.1) is 23.9 Å². The molecule has 1 N–H and O–H groups in total. The molecule has 0 spiro atoms. The zero-order chi connectivity index (χ0) is 22.7. The Bertz CT molecular complexity index is 1340. The summed E-state index contributed by atoms with van der Waals surface area (Å²) in [5, 5.41) is 4.36.